The number of fused-ring (bicyclic) bond motifs is 1. The third-order valence-corrected chi connectivity index (χ3v) is 4.47. The number of carbonyl (C=O) groups is 1. The molecule has 2 aromatic rings. The Morgan fingerprint density at radius 2 is 1.88 bits per heavy atom. The van der Waals surface area contributed by atoms with Gasteiger partial charge in [-0.15, -0.1) is 0 Å². The topological polar surface area (TPSA) is 41.6 Å². The van der Waals surface area contributed by atoms with E-state index in [9.17, 15) is 4.79 Å². The van der Waals surface area contributed by atoms with E-state index in [1.165, 1.54) is 16.7 Å². The molecule has 1 aliphatic heterocycles. The van der Waals surface area contributed by atoms with Crippen LogP contribution in [-0.2, 0) is 24.2 Å². The highest BCUT2D eigenvalue weighted by Gasteiger charge is 2.17. The Hall–Kier alpha value is -2.33. The maximum absolute atomic E-state index is 12.1. The number of amides is 1. The maximum Gasteiger partial charge on any atom is 0.234 e. The minimum Gasteiger partial charge on any atom is -0.497 e. The van der Waals surface area contributed by atoms with Gasteiger partial charge in [0, 0.05) is 19.6 Å². The number of hydrogen-bond acceptors (Lipinski definition) is 3. The molecule has 24 heavy (non-hydrogen) atoms. The van der Waals surface area contributed by atoms with Gasteiger partial charge in [-0.25, -0.2) is 0 Å². The molecule has 1 aliphatic rings. The van der Waals surface area contributed by atoms with Crippen molar-refractivity contribution in [3.8, 4) is 5.75 Å². The van der Waals surface area contributed by atoms with Crippen molar-refractivity contribution in [2.24, 2.45) is 0 Å². The highest BCUT2D eigenvalue weighted by molar-refractivity contribution is 5.78. The molecule has 2 aromatic carbocycles. The van der Waals surface area contributed by atoms with E-state index in [4.69, 9.17) is 4.74 Å². The van der Waals surface area contributed by atoms with E-state index >= 15 is 0 Å². The summed E-state index contributed by atoms with van der Waals surface area (Å²) >= 11 is 0. The summed E-state index contributed by atoms with van der Waals surface area (Å²) in [5.41, 5.74) is 3.95. The molecule has 0 spiro atoms. The minimum atomic E-state index is 0.0999. The molecule has 4 nitrogen and oxygen atoms in total. The maximum atomic E-state index is 12.1. The SMILES string of the molecule is COc1ccc(CCNC(=O)CN2CCc3ccccc3C2)cc1. The molecule has 0 atom stereocenters. The van der Waals surface area contributed by atoms with Gasteiger partial charge < -0.3 is 10.1 Å². The molecule has 4 heteroatoms. The Balaban J connectivity index is 1.41. The summed E-state index contributed by atoms with van der Waals surface area (Å²) in [6.45, 7) is 2.94. The zero-order valence-electron chi connectivity index (χ0n) is 14.1. The van der Waals surface area contributed by atoms with Gasteiger partial charge >= 0.3 is 0 Å². The number of hydrogen-bond donors (Lipinski definition) is 1. The number of nitrogens with zero attached hydrogens (tertiary/aromatic N) is 1. The van der Waals surface area contributed by atoms with Crippen molar-refractivity contribution < 1.29 is 9.53 Å². The third-order valence-electron chi connectivity index (χ3n) is 4.47. The van der Waals surface area contributed by atoms with Gasteiger partial charge in [0.25, 0.3) is 0 Å². The summed E-state index contributed by atoms with van der Waals surface area (Å²) in [6.07, 6.45) is 1.86. The summed E-state index contributed by atoms with van der Waals surface area (Å²) in [7, 11) is 1.66. The first kappa shape index (κ1) is 16.5. The predicted octanol–water partition coefficient (Wildman–Crippen LogP) is 2.41. The fourth-order valence-electron chi connectivity index (χ4n) is 3.09. The van der Waals surface area contributed by atoms with Crippen LogP contribution in [0.2, 0.25) is 0 Å². The lowest BCUT2D eigenvalue weighted by atomic mass is 10.00. The van der Waals surface area contributed by atoms with Crippen LogP contribution in [0.3, 0.4) is 0 Å². The van der Waals surface area contributed by atoms with E-state index in [-0.39, 0.29) is 5.91 Å². The molecule has 0 saturated heterocycles. The zero-order chi connectivity index (χ0) is 16.8. The molecule has 0 aliphatic carbocycles. The quantitative estimate of drug-likeness (QED) is 0.887. The van der Waals surface area contributed by atoms with Crippen LogP contribution in [0.25, 0.3) is 0 Å². The number of benzene rings is 2. The van der Waals surface area contributed by atoms with Crippen LogP contribution < -0.4 is 10.1 Å². The monoisotopic (exact) mass is 324 g/mol. The Morgan fingerprint density at radius 1 is 1.12 bits per heavy atom. The van der Waals surface area contributed by atoms with Crippen molar-refractivity contribution in [3.63, 3.8) is 0 Å². The summed E-state index contributed by atoms with van der Waals surface area (Å²) in [5, 5.41) is 3.02. The first-order chi connectivity index (χ1) is 11.7. The zero-order valence-corrected chi connectivity index (χ0v) is 14.1. The Labute approximate surface area is 143 Å². The van der Waals surface area contributed by atoms with E-state index in [1.807, 2.05) is 24.3 Å². The minimum absolute atomic E-state index is 0.0999. The van der Waals surface area contributed by atoms with Gasteiger partial charge in [0.05, 0.1) is 13.7 Å². The molecule has 126 valence electrons. The molecule has 0 unspecified atom stereocenters. The van der Waals surface area contributed by atoms with Gasteiger partial charge in [0.15, 0.2) is 0 Å². The molecule has 1 N–H and O–H groups in total. The number of methoxy groups -OCH3 is 1. The lowest BCUT2D eigenvalue weighted by molar-refractivity contribution is -0.122. The molecule has 0 bridgehead atoms. The van der Waals surface area contributed by atoms with E-state index in [0.717, 1.165) is 31.7 Å². The van der Waals surface area contributed by atoms with Crippen LogP contribution in [0.4, 0.5) is 0 Å². The summed E-state index contributed by atoms with van der Waals surface area (Å²) in [4.78, 5) is 14.4. The van der Waals surface area contributed by atoms with Crippen molar-refractivity contribution in [2.45, 2.75) is 19.4 Å². The molecular weight excluding hydrogens is 300 g/mol. The molecular formula is C20H24N2O2. The standard InChI is InChI=1S/C20H24N2O2/c1-24-19-8-6-16(7-9-19)10-12-21-20(23)15-22-13-11-17-4-2-3-5-18(17)14-22/h2-9H,10-15H2,1H3,(H,21,23). The number of ether oxygens (including phenoxy) is 1. The number of carbonyl (C=O) groups excluding carboxylic acids is 1. The lowest BCUT2D eigenvalue weighted by Crippen LogP contribution is -2.40. The first-order valence-electron chi connectivity index (χ1n) is 8.43. The van der Waals surface area contributed by atoms with Gasteiger partial charge in [-0.05, 0) is 41.7 Å². The highest BCUT2D eigenvalue weighted by Crippen LogP contribution is 2.17. The second-order valence-corrected chi connectivity index (χ2v) is 6.18. The average molecular weight is 324 g/mol. The van der Waals surface area contributed by atoms with Gasteiger partial charge in [-0.3, -0.25) is 9.69 Å². The molecule has 1 heterocycles. The van der Waals surface area contributed by atoms with Crippen LogP contribution in [0, 0.1) is 0 Å². The normalized spacial score (nSPS) is 14.0. The molecule has 1 amide bonds. The van der Waals surface area contributed by atoms with Gasteiger partial charge in [0.1, 0.15) is 5.75 Å². The van der Waals surface area contributed by atoms with E-state index < -0.39 is 0 Å². The van der Waals surface area contributed by atoms with Gasteiger partial charge in [-0.1, -0.05) is 36.4 Å². The molecule has 0 aromatic heterocycles. The second kappa shape index (κ2) is 7.97. The Bertz CT molecular complexity index is 682. The summed E-state index contributed by atoms with van der Waals surface area (Å²) in [5.74, 6) is 0.955. The summed E-state index contributed by atoms with van der Waals surface area (Å²) in [6, 6.07) is 16.5. The van der Waals surface area contributed by atoms with E-state index in [1.54, 1.807) is 7.11 Å². The van der Waals surface area contributed by atoms with Crippen molar-refractivity contribution >= 4 is 5.91 Å². The highest BCUT2D eigenvalue weighted by atomic mass is 16.5. The smallest absolute Gasteiger partial charge is 0.234 e. The van der Waals surface area contributed by atoms with E-state index in [0.29, 0.717) is 13.1 Å². The van der Waals surface area contributed by atoms with Crippen LogP contribution >= 0.6 is 0 Å². The number of nitrogens with one attached hydrogen (secondary N) is 1. The van der Waals surface area contributed by atoms with Gasteiger partial charge in [-0.2, -0.15) is 0 Å². The largest absolute Gasteiger partial charge is 0.497 e. The fraction of sp³-hybridized carbons (Fsp3) is 0.350. The Morgan fingerprint density at radius 3 is 2.62 bits per heavy atom. The third kappa shape index (κ3) is 4.36. The van der Waals surface area contributed by atoms with Gasteiger partial charge in [0.2, 0.25) is 5.91 Å². The van der Waals surface area contributed by atoms with Crippen molar-refractivity contribution in [1.82, 2.24) is 10.2 Å². The van der Waals surface area contributed by atoms with Crippen molar-refractivity contribution in [1.29, 1.82) is 0 Å². The van der Waals surface area contributed by atoms with Crippen molar-refractivity contribution in [2.75, 3.05) is 26.7 Å². The van der Waals surface area contributed by atoms with E-state index in [2.05, 4.69) is 34.5 Å². The van der Waals surface area contributed by atoms with Crippen LogP contribution in [0.15, 0.2) is 48.5 Å². The average Bonchev–Trinajstić information content (AvgIpc) is 2.62. The molecule has 0 saturated carbocycles. The number of rotatable bonds is 6. The van der Waals surface area contributed by atoms with Crippen molar-refractivity contribution in [3.05, 3.63) is 65.2 Å². The second-order valence-electron chi connectivity index (χ2n) is 6.18. The molecule has 3 rings (SSSR count). The van der Waals surface area contributed by atoms with Crippen LogP contribution in [0.5, 0.6) is 5.75 Å². The predicted molar refractivity (Wildman–Crippen MR) is 95.1 cm³/mol. The lowest BCUT2D eigenvalue weighted by Gasteiger charge is -2.28. The van der Waals surface area contributed by atoms with Crippen LogP contribution in [0.1, 0.15) is 16.7 Å². The Kier molecular flexibility index (Phi) is 5.49. The molecule has 0 fully saturated rings. The fourth-order valence-corrected chi connectivity index (χ4v) is 3.09. The summed E-state index contributed by atoms with van der Waals surface area (Å²) < 4.78 is 5.15. The van der Waals surface area contributed by atoms with Crippen LogP contribution in [-0.4, -0.2) is 37.6 Å². The molecule has 0 radical (unpaired) electrons. The first-order valence-corrected chi connectivity index (χ1v) is 8.43.